The summed E-state index contributed by atoms with van der Waals surface area (Å²) < 4.78 is 9.80. The van der Waals surface area contributed by atoms with E-state index >= 15 is 0 Å². The van der Waals surface area contributed by atoms with Crippen molar-refractivity contribution in [3.63, 3.8) is 0 Å². The number of unbranched alkanes of at least 4 members (excludes halogenated alkanes) is 2. The van der Waals surface area contributed by atoms with Gasteiger partial charge in [0, 0.05) is 18.9 Å². The predicted molar refractivity (Wildman–Crippen MR) is 115 cm³/mol. The van der Waals surface area contributed by atoms with Crippen molar-refractivity contribution in [3.05, 3.63) is 12.2 Å². The number of nitrogens with two attached hydrogens (primary N) is 2. The Morgan fingerprint density at radius 2 is 1.29 bits per heavy atom. The van der Waals surface area contributed by atoms with Gasteiger partial charge in [-0.1, -0.05) is 33.8 Å². The van der Waals surface area contributed by atoms with Gasteiger partial charge in [0.15, 0.2) is 0 Å². The molecular weight excluding hydrogens is 408 g/mol. The standard InChI is InChI=1S/C11H21NO4.C10H17NO4/c1-8(2)10(12)11(15)16-7-5-3-4-6-9(13)14;1-7(2)9(11)10(14)15-6-4-3-5-8(12)13/h8,10H,3-7,12H2,1-2H3,(H,13,14);3,5,7,9H,4,6,11H2,1-2H3,(H,12,13). The molecule has 0 rings (SSSR count). The molecule has 0 spiro atoms. The van der Waals surface area contributed by atoms with Crippen molar-refractivity contribution < 1.29 is 38.9 Å². The molecule has 0 aliphatic heterocycles. The first-order valence-corrected chi connectivity index (χ1v) is 10.4. The van der Waals surface area contributed by atoms with E-state index in [0.29, 0.717) is 25.9 Å². The monoisotopic (exact) mass is 446 g/mol. The molecule has 0 aromatic carbocycles. The quantitative estimate of drug-likeness (QED) is 0.174. The second-order valence-electron chi connectivity index (χ2n) is 7.61. The van der Waals surface area contributed by atoms with Crippen molar-refractivity contribution in [2.24, 2.45) is 23.3 Å². The van der Waals surface area contributed by atoms with E-state index in [1.165, 1.54) is 6.08 Å². The number of ether oxygens (including phenoxy) is 2. The summed E-state index contributed by atoms with van der Waals surface area (Å²) in [6.07, 6.45) is 5.03. The fourth-order valence-corrected chi connectivity index (χ4v) is 1.88. The Hall–Kier alpha value is -2.46. The van der Waals surface area contributed by atoms with Gasteiger partial charge in [-0.2, -0.15) is 0 Å². The minimum absolute atomic E-state index is 0.0343. The highest BCUT2D eigenvalue weighted by molar-refractivity contribution is 5.79. The van der Waals surface area contributed by atoms with Crippen molar-refractivity contribution in [1.82, 2.24) is 0 Å². The first-order valence-electron chi connectivity index (χ1n) is 10.4. The first-order chi connectivity index (χ1) is 14.4. The molecule has 0 saturated carbocycles. The number of carboxylic acids is 2. The number of esters is 2. The Kier molecular flexibility index (Phi) is 18.2. The van der Waals surface area contributed by atoms with E-state index in [4.69, 9.17) is 31.2 Å². The zero-order chi connectivity index (χ0) is 24.4. The number of aliphatic carboxylic acids is 2. The summed E-state index contributed by atoms with van der Waals surface area (Å²) in [4.78, 5) is 42.8. The summed E-state index contributed by atoms with van der Waals surface area (Å²) in [5.74, 6) is -2.53. The van der Waals surface area contributed by atoms with Gasteiger partial charge in [0.05, 0.1) is 13.2 Å². The third-order valence-electron chi connectivity index (χ3n) is 4.05. The maximum absolute atomic E-state index is 11.3. The molecule has 0 bridgehead atoms. The van der Waals surface area contributed by atoms with Crippen LogP contribution < -0.4 is 11.5 Å². The van der Waals surface area contributed by atoms with Gasteiger partial charge < -0.3 is 31.2 Å². The predicted octanol–water partition coefficient (Wildman–Crippen LogP) is 1.70. The average molecular weight is 447 g/mol. The summed E-state index contributed by atoms with van der Waals surface area (Å²) in [6.45, 7) is 7.85. The van der Waals surface area contributed by atoms with Gasteiger partial charge >= 0.3 is 23.9 Å². The van der Waals surface area contributed by atoms with Gasteiger partial charge in [0.25, 0.3) is 0 Å². The van der Waals surface area contributed by atoms with Crippen LogP contribution in [-0.2, 0) is 28.7 Å². The molecule has 31 heavy (non-hydrogen) atoms. The summed E-state index contributed by atoms with van der Waals surface area (Å²) >= 11 is 0. The molecule has 10 heteroatoms. The summed E-state index contributed by atoms with van der Waals surface area (Å²) in [7, 11) is 0. The number of hydrogen-bond donors (Lipinski definition) is 4. The Morgan fingerprint density at radius 3 is 1.71 bits per heavy atom. The Balaban J connectivity index is 0. The molecule has 10 nitrogen and oxygen atoms in total. The lowest BCUT2D eigenvalue weighted by Gasteiger charge is -2.14. The van der Waals surface area contributed by atoms with Gasteiger partial charge in [-0.3, -0.25) is 14.4 Å². The molecule has 0 aliphatic carbocycles. The number of carbonyl (C=O) groups excluding carboxylic acids is 2. The van der Waals surface area contributed by atoms with E-state index in [2.05, 4.69) is 0 Å². The number of hydrogen-bond acceptors (Lipinski definition) is 8. The fourth-order valence-electron chi connectivity index (χ4n) is 1.88. The van der Waals surface area contributed by atoms with Crippen LogP contribution in [0.5, 0.6) is 0 Å². The van der Waals surface area contributed by atoms with Crippen LogP contribution in [0.3, 0.4) is 0 Å². The molecule has 0 aliphatic rings. The number of carboxylic acid groups (broad SMARTS) is 2. The summed E-state index contributed by atoms with van der Waals surface area (Å²) in [5, 5.41) is 16.7. The van der Waals surface area contributed by atoms with E-state index in [1.54, 1.807) is 0 Å². The summed E-state index contributed by atoms with van der Waals surface area (Å²) in [6, 6.07) is -1.19. The minimum atomic E-state index is -1.01. The molecule has 0 saturated heterocycles. The third-order valence-corrected chi connectivity index (χ3v) is 4.05. The van der Waals surface area contributed by atoms with Gasteiger partial charge in [0.2, 0.25) is 0 Å². The van der Waals surface area contributed by atoms with Crippen LogP contribution in [0.15, 0.2) is 12.2 Å². The van der Waals surface area contributed by atoms with E-state index < -0.39 is 30.0 Å². The lowest BCUT2D eigenvalue weighted by Crippen LogP contribution is -2.37. The zero-order valence-electron chi connectivity index (χ0n) is 18.9. The Bertz CT molecular complexity index is 576. The number of rotatable bonds is 14. The van der Waals surface area contributed by atoms with Crippen LogP contribution in [0.1, 0.15) is 59.8 Å². The van der Waals surface area contributed by atoms with Crippen LogP contribution in [0.25, 0.3) is 0 Å². The largest absolute Gasteiger partial charge is 0.481 e. The smallest absolute Gasteiger partial charge is 0.327 e. The molecule has 2 unspecified atom stereocenters. The molecule has 0 heterocycles. The second kappa shape index (κ2) is 18.3. The maximum atomic E-state index is 11.3. The topological polar surface area (TPSA) is 179 Å². The summed E-state index contributed by atoms with van der Waals surface area (Å²) in [5.41, 5.74) is 11.1. The van der Waals surface area contributed by atoms with E-state index in [-0.39, 0.29) is 30.8 Å². The van der Waals surface area contributed by atoms with Gasteiger partial charge in [-0.05, 0) is 31.1 Å². The van der Waals surface area contributed by atoms with Gasteiger partial charge in [0.1, 0.15) is 12.1 Å². The van der Waals surface area contributed by atoms with Crippen molar-refractivity contribution in [2.75, 3.05) is 13.2 Å². The molecule has 0 fully saturated rings. The average Bonchev–Trinajstić information content (AvgIpc) is 2.68. The van der Waals surface area contributed by atoms with Crippen molar-refractivity contribution in [1.29, 1.82) is 0 Å². The highest BCUT2D eigenvalue weighted by Gasteiger charge is 2.18. The van der Waals surface area contributed by atoms with Crippen molar-refractivity contribution >= 4 is 23.9 Å². The molecule has 0 amide bonds. The first kappa shape index (κ1) is 30.7. The second-order valence-corrected chi connectivity index (χ2v) is 7.61. The molecule has 180 valence electrons. The normalized spacial score (nSPS) is 12.8. The molecule has 2 atom stereocenters. The van der Waals surface area contributed by atoms with E-state index in [1.807, 2.05) is 27.7 Å². The van der Waals surface area contributed by atoms with Crippen molar-refractivity contribution in [3.8, 4) is 0 Å². The molecular formula is C21H38N2O8. The SMILES string of the molecule is CC(C)C(N)C(=O)OCCC=CC(=O)O.CC(C)C(N)C(=O)OCCCCCC(=O)O. The van der Waals surface area contributed by atoms with Crippen LogP contribution >= 0.6 is 0 Å². The van der Waals surface area contributed by atoms with Gasteiger partial charge in [-0.25, -0.2) is 4.79 Å². The Labute approximate surface area is 183 Å². The highest BCUT2D eigenvalue weighted by Crippen LogP contribution is 2.04. The van der Waals surface area contributed by atoms with E-state index in [0.717, 1.165) is 12.5 Å². The third kappa shape index (κ3) is 19.3. The van der Waals surface area contributed by atoms with Crippen LogP contribution in [0.4, 0.5) is 0 Å². The van der Waals surface area contributed by atoms with E-state index in [9.17, 15) is 19.2 Å². The Morgan fingerprint density at radius 1 is 0.806 bits per heavy atom. The highest BCUT2D eigenvalue weighted by atomic mass is 16.5. The maximum Gasteiger partial charge on any atom is 0.327 e. The molecule has 0 aromatic heterocycles. The number of carbonyl (C=O) groups is 4. The zero-order valence-corrected chi connectivity index (χ0v) is 18.9. The minimum Gasteiger partial charge on any atom is -0.481 e. The lowest BCUT2D eigenvalue weighted by molar-refractivity contribution is -0.147. The van der Waals surface area contributed by atoms with Crippen LogP contribution in [0.2, 0.25) is 0 Å². The van der Waals surface area contributed by atoms with Crippen LogP contribution in [-0.4, -0.2) is 59.4 Å². The van der Waals surface area contributed by atoms with Gasteiger partial charge in [-0.15, -0.1) is 0 Å². The fraction of sp³-hybridized carbons (Fsp3) is 0.714. The molecule has 0 aromatic rings. The van der Waals surface area contributed by atoms with Crippen molar-refractivity contribution in [2.45, 2.75) is 71.9 Å². The molecule has 6 N–H and O–H groups in total. The lowest BCUT2D eigenvalue weighted by atomic mass is 10.1. The van der Waals surface area contributed by atoms with Crippen LogP contribution in [0, 0.1) is 11.8 Å². The molecule has 0 radical (unpaired) electrons.